The summed E-state index contributed by atoms with van der Waals surface area (Å²) in [4.78, 5) is 26.0. The molecule has 1 fully saturated rings. The third-order valence-electron chi connectivity index (χ3n) is 5.20. The molecule has 2 amide bonds. The molecule has 26 heavy (non-hydrogen) atoms. The maximum Gasteiger partial charge on any atom is 0.234 e. The number of rotatable bonds is 6. The van der Waals surface area contributed by atoms with E-state index >= 15 is 0 Å². The van der Waals surface area contributed by atoms with E-state index in [0.29, 0.717) is 13.0 Å². The van der Waals surface area contributed by atoms with Crippen LogP contribution >= 0.6 is 0 Å². The first kappa shape index (κ1) is 18.4. The summed E-state index contributed by atoms with van der Waals surface area (Å²) in [6.07, 6.45) is 3.39. The summed E-state index contributed by atoms with van der Waals surface area (Å²) in [6, 6.07) is 14.4. The Morgan fingerprint density at radius 1 is 1.19 bits per heavy atom. The van der Waals surface area contributed by atoms with E-state index in [9.17, 15) is 9.59 Å². The van der Waals surface area contributed by atoms with Crippen molar-refractivity contribution in [2.45, 2.75) is 44.7 Å². The fraction of sp³-hybridized carbons (Fsp3) is 0.429. The Bertz CT molecular complexity index is 784. The second-order valence-electron chi connectivity index (χ2n) is 7.15. The lowest BCUT2D eigenvalue weighted by Crippen LogP contribution is -2.47. The fourth-order valence-electron chi connectivity index (χ4n) is 3.91. The Kier molecular flexibility index (Phi) is 5.89. The van der Waals surface area contributed by atoms with Crippen molar-refractivity contribution in [1.29, 1.82) is 0 Å². The van der Waals surface area contributed by atoms with Crippen LogP contribution < -0.4 is 11.1 Å². The third-order valence-corrected chi connectivity index (χ3v) is 5.20. The van der Waals surface area contributed by atoms with Gasteiger partial charge in [-0.1, -0.05) is 48.9 Å². The van der Waals surface area contributed by atoms with Gasteiger partial charge >= 0.3 is 0 Å². The van der Waals surface area contributed by atoms with Crippen molar-refractivity contribution in [3.8, 4) is 0 Å². The number of amides is 2. The van der Waals surface area contributed by atoms with Gasteiger partial charge in [0.2, 0.25) is 11.8 Å². The molecule has 0 aromatic heterocycles. The van der Waals surface area contributed by atoms with E-state index in [4.69, 9.17) is 5.73 Å². The van der Waals surface area contributed by atoms with E-state index in [-0.39, 0.29) is 23.9 Å². The molecule has 5 heteroatoms. The summed E-state index contributed by atoms with van der Waals surface area (Å²) in [6.45, 7) is 3.16. The number of hydrogen-bond acceptors (Lipinski definition) is 3. The number of nitrogens with two attached hydrogens (primary N) is 1. The van der Waals surface area contributed by atoms with Crippen LogP contribution in [0.1, 0.15) is 44.2 Å². The first-order valence-corrected chi connectivity index (χ1v) is 9.34. The molecular formula is C21H27N3O2. The van der Waals surface area contributed by atoms with Crippen LogP contribution in [0.5, 0.6) is 0 Å². The van der Waals surface area contributed by atoms with Gasteiger partial charge in [0.1, 0.15) is 0 Å². The van der Waals surface area contributed by atoms with E-state index in [1.54, 1.807) is 0 Å². The number of nitrogens with zero attached hydrogens (tertiary/aromatic N) is 1. The first-order valence-electron chi connectivity index (χ1n) is 9.34. The highest BCUT2D eigenvalue weighted by Crippen LogP contribution is 2.24. The quantitative estimate of drug-likeness (QED) is 0.838. The summed E-state index contributed by atoms with van der Waals surface area (Å²) in [5.74, 6) is -0.312. The topological polar surface area (TPSA) is 75.4 Å². The highest BCUT2D eigenvalue weighted by molar-refractivity contribution is 5.87. The van der Waals surface area contributed by atoms with Crippen molar-refractivity contribution in [2.75, 3.05) is 13.1 Å². The third kappa shape index (κ3) is 4.41. The zero-order valence-corrected chi connectivity index (χ0v) is 15.3. The highest BCUT2D eigenvalue weighted by Gasteiger charge is 2.26. The average molecular weight is 353 g/mol. The molecular weight excluding hydrogens is 326 g/mol. The Morgan fingerprint density at radius 2 is 1.96 bits per heavy atom. The van der Waals surface area contributed by atoms with Crippen LogP contribution in [0.2, 0.25) is 0 Å². The first-order chi connectivity index (χ1) is 12.5. The molecule has 1 aliphatic rings. The van der Waals surface area contributed by atoms with Crippen molar-refractivity contribution in [2.24, 2.45) is 5.73 Å². The van der Waals surface area contributed by atoms with Gasteiger partial charge in [-0.15, -0.1) is 0 Å². The van der Waals surface area contributed by atoms with Crippen LogP contribution in [0.4, 0.5) is 0 Å². The van der Waals surface area contributed by atoms with Crippen molar-refractivity contribution >= 4 is 22.6 Å². The van der Waals surface area contributed by atoms with Crippen molar-refractivity contribution < 1.29 is 9.59 Å². The average Bonchev–Trinajstić information content (AvgIpc) is 2.62. The molecule has 2 unspecified atom stereocenters. The van der Waals surface area contributed by atoms with Crippen LogP contribution in [0, 0.1) is 0 Å². The van der Waals surface area contributed by atoms with Gasteiger partial charge in [0.05, 0.1) is 12.6 Å². The van der Waals surface area contributed by atoms with Crippen LogP contribution in [0.3, 0.4) is 0 Å². The van der Waals surface area contributed by atoms with Gasteiger partial charge < -0.3 is 11.1 Å². The van der Waals surface area contributed by atoms with E-state index < -0.39 is 0 Å². The smallest absolute Gasteiger partial charge is 0.234 e. The minimum atomic E-state index is -0.300. The molecule has 3 rings (SSSR count). The molecule has 0 spiro atoms. The number of likely N-dealkylation sites (tertiary alicyclic amines) is 1. The van der Waals surface area contributed by atoms with Crippen LogP contribution in [0.25, 0.3) is 10.8 Å². The molecule has 5 nitrogen and oxygen atoms in total. The Morgan fingerprint density at radius 3 is 2.77 bits per heavy atom. The number of carbonyl (C=O) groups excluding carboxylic acids is 2. The predicted molar refractivity (Wildman–Crippen MR) is 104 cm³/mol. The second-order valence-corrected chi connectivity index (χ2v) is 7.15. The normalized spacial score (nSPS) is 19.2. The molecule has 1 heterocycles. The largest absolute Gasteiger partial charge is 0.370 e. The zero-order valence-electron chi connectivity index (χ0n) is 15.3. The molecule has 0 bridgehead atoms. The fourth-order valence-corrected chi connectivity index (χ4v) is 3.91. The van der Waals surface area contributed by atoms with Crippen molar-refractivity contribution in [3.63, 3.8) is 0 Å². The molecule has 0 aliphatic carbocycles. The van der Waals surface area contributed by atoms with Gasteiger partial charge in [0.15, 0.2) is 0 Å². The lowest BCUT2D eigenvalue weighted by molar-refractivity contribution is -0.125. The van der Waals surface area contributed by atoms with E-state index in [2.05, 4.69) is 34.5 Å². The SMILES string of the molecule is CC(NC(=O)CN1CCCCC1CC(N)=O)c1cccc2ccccc12. The van der Waals surface area contributed by atoms with E-state index in [1.807, 2.05) is 25.1 Å². The predicted octanol–water partition coefficient (Wildman–Crippen LogP) is 2.75. The minimum Gasteiger partial charge on any atom is -0.370 e. The van der Waals surface area contributed by atoms with E-state index in [0.717, 1.165) is 36.8 Å². The van der Waals surface area contributed by atoms with Gasteiger partial charge in [-0.25, -0.2) is 0 Å². The Labute approximate surface area is 154 Å². The monoisotopic (exact) mass is 353 g/mol. The summed E-state index contributed by atoms with van der Waals surface area (Å²) in [5, 5.41) is 5.44. The number of nitrogens with one attached hydrogen (secondary N) is 1. The summed E-state index contributed by atoms with van der Waals surface area (Å²) < 4.78 is 0. The summed E-state index contributed by atoms with van der Waals surface area (Å²) in [5.41, 5.74) is 6.47. The number of primary amides is 1. The molecule has 1 saturated heterocycles. The Hall–Kier alpha value is -2.40. The Balaban J connectivity index is 1.66. The number of fused-ring (bicyclic) bond motifs is 1. The van der Waals surface area contributed by atoms with Crippen molar-refractivity contribution in [3.05, 3.63) is 48.0 Å². The van der Waals surface area contributed by atoms with Gasteiger partial charge in [-0.3, -0.25) is 14.5 Å². The second kappa shape index (κ2) is 8.32. The van der Waals surface area contributed by atoms with Gasteiger partial charge in [0, 0.05) is 12.5 Å². The standard InChI is InChI=1S/C21H27N3O2/c1-15(18-11-6-8-16-7-2-3-10-19(16)18)23-21(26)14-24-12-5-4-9-17(24)13-20(22)25/h2-3,6-8,10-11,15,17H,4-5,9,12-14H2,1H3,(H2,22,25)(H,23,26). The van der Waals surface area contributed by atoms with Crippen molar-refractivity contribution in [1.82, 2.24) is 10.2 Å². The molecule has 138 valence electrons. The van der Waals surface area contributed by atoms with Crippen LogP contribution in [-0.2, 0) is 9.59 Å². The molecule has 0 saturated carbocycles. The van der Waals surface area contributed by atoms with Gasteiger partial charge in [-0.05, 0) is 42.6 Å². The zero-order chi connectivity index (χ0) is 18.5. The molecule has 1 aliphatic heterocycles. The number of benzene rings is 2. The van der Waals surface area contributed by atoms with Crippen LogP contribution in [0.15, 0.2) is 42.5 Å². The maximum absolute atomic E-state index is 12.6. The molecule has 2 atom stereocenters. The van der Waals surface area contributed by atoms with E-state index in [1.165, 1.54) is 5.39 Å². The highest BCUT2D eigenvalue weighted by atomic mass is 16.2. The number of carbonyl (C=O) groups is 2. The summed E-state index contributed by atoms with van der Waals surface area (Å²) >= 11 is 0. The lowest BCUT2D eigenvalue weighted by Gasteiger charge is -2.34. The van der Waals surface area contributed by atoms with Gasteiger partial charge in [-0.2, -0.15) is 0 Å². The summed E-state index contributed by atoms with van der Waals surface area (Å²) in [7, 11) is 0. The minimum absolute atomic E-state index is 0.0122. The maximum atomic E-state index is 12.6. The molecule has 0 radical (unpaired) electrons. The van der Waals surface area contributed by atoms with Crippen LogP contribution in [-0.4, -0.2) is 35.8 Å². The van der Waals surface area contributed by atoms with Gasteiger partial charge in [0.25, 0.3) is 0 Å². The molecule has 2 aromatic carbocycles. The number of hydrogen-bond donors (Lipinski definition) is 2. The molecule has 3 N–H and O–H groups in total. The number of piperidine rings is 1. The molecule has 2 aromatic rings. The lowest BCUT2D eigenvalue weighted by atomic mass is 9.98.